The maximum atomic E-state index is 12.9. The Bertz CT molecular complexity index is 1520. The number of allylic oxidation sites excluding steroid dienone is 14. The largest absolute Gasteiger partial charge is 0.472 e. The van der Waals surface area contributed by atoms with Crippen LogP contribution in [-0.2, 0) is 32.7 Å². The van der Waals surface area contributed by atoms with Crippen LogP contribution in [0.4, 0.5) is 0 Å². The number of esters is 2. The quantitative estimate of drug-likeness (QED) is 0.0146. The van der Waals surface area contributed by atoms with Crippen LogP contribution in [0, 0.1) is 0 Å². The van der Waals surface area contributed by atoms with Gasteiger partial charge in [-0.1, -0.05) is 182 Å². The molecule has 0 spiro atoms. The Morgan fingerprint density at radius 1 is 0.464 bits per heavy atom. The zero-order chi connectivity index (χ0) is 50.6. The Morgan fingerprint density at radius 2 is 0.841 bits per heavy atom. The van der Waals surface area contributed by atoms with E-state index in [0.29, 0.717) is 19.3 Å². The predicted molar refractivity (Wildman–Crippen MR) is 276 cm³/mol. The average Bonchev–Trinajstić information content (AvgIpc) is 3.33. The number of phosphoric acid groups is 1. The number of ether oxygens (including phenoxy) is 2. The van der Waals surface area contributed by atoms with Crippen molar-refractivity contribution >= 4 is 19.8 Å². The molecule has 14 heteroatoms. The number of unbranched alkanes of at least 4 members (excludes halogenated alkanes) is 17. The van der Waals surface area contributed by atoms with Gasteiger partial charge < -0.3 is 39.9 Å². The van der Waals surface area contributed by atoms with Gasteiger partial charge in [0, 0.05) is 12.8 Å². The van der Waals surface area contributed by atoms with Gasteiger partial charge in [0.25, 0.3) is 0 Å². The van der Waals surface area contributed by atoms with Crippen molar-refractivity contribution in [3.8, 4) is 0 Å². The zero-order valence-electron chi connectivity index (χ0n) is 42.3. The van der Waals surface area contributed by atoms with E-state index < -0.39 is 75.7 Å². The van der Waals surface area contributed by atoms with Gasteiger partial charge in [0.05, 0.1) is 6.61 Å². The van der Waals surface area contributed by atoms with E-state index in [2.05, 4.69) is 86.8 Å². The fourth-order valence-electron chi connectivity index (χ4n) is 7.53. The van der Waals surface area contributed by atoms with Crippen molar-refractivity contribution in [2.75, 3.05) is 13.2 Å². The van der Waals surface area contributed by atoms with Gasteiger partial charge in [-0.05, 0) is 83.5 Å². The third kappa shape index (κ3) is 35.7. The van der Waals surface area contributed by atoms with Gasteiger partial charge in [0.1, 0.15) is 43.2 Å². The standard InChI is InChI=1S/C55H93O13P/c1-3-5-7-9-11-13-15-17-19-21-22-23-24-25-26-28-29-31-33-35-37-39-41-43-48(56)65-45-47(46-66-69(63,64)68-55-53(61)51(59)50(58)52(60)54(55)62)67-49(57)44-42-40-38-36-34-32-30-27-20-18-16-14-12-10-8-6-4-2/h6,8,12,14-15,17-18,20-22,30,32,36,38,47,50-55,58-62H,3-5,7,9-11,13,16,19,23-29,31,33-35,37,39-46H2,1-2H3,(H,63,64)/b8-6-,14-12-,17-15-,20-18-,22-21-,32-30-,38-36-. The summed E-state index contributed by atoms with van der Waals surface area (Å²) < 4.78 is 33.6. The maximum absolute atomic E-state index is 12.9. The first-order chi connectivity index (χ1) is 33.4. The van der Waals surface area contributed by atoms with Crippen molar-refractivity contribution in [3.05, 3.63) is 85.1 Å². The molecule has 0 aromatic heterocycles. The zero-order valence-corrected chi connectivity index (χ0v) is 43.2. The van der Waals surface area contributed by atoms with Crippen LogP contribution in [0.1, 0.15) is 194 Å². The fraction of sp³-hybridized carbons (Fsp3) is 0.709. The van der Waals surface area contributed by atoms with Crippen molar-refractivity contribution in [2.45, 2.75) is 236 Å². The Labute approximate surface area is 416 Å². The van der Waals surface area contributed by atoms with E-state index >= 15 is 0 Å². The van der Waals surface area contributed by atoms with Crippen LogP contribution in [0.5, 0.6) is 0 Å². The number of hydrogen-bond donors (Lipinski definition) is 6. The number of carbonyl (C=O) groups is 2. The van der Waals surface area contributed by atoms with Crippen LogP contribution >= 0.6 is 7.82 Å². The topological polar surface area (TPSA) is 210 Å². The van der Waals surface area contributed by atoms with Crippen molar-refractivity contribution in [2.24, 2.45) is 0 Å². The fourth-order valence-corrected chi connectivity index (χ4v) is 8.50. The van der Waals surface area contributed by atoms with E-state index in [0.717, 1.165) is 70.6 Å². The molecule has 0 radical (unpaired) electrons. The molecule has 396 valence electrons. The minimum absolute atomic E-state index is 0.0141. The second-order valence-electron chi connectivity index (χ2n) is 18.0. The normalized spacial score (nSPS) is 21.6. The van der Waals surface area contributed by atoms with E-state index in [4.69, 9.17) is 18.5 Å². The maximum Gasteiger partial charge on any atom is 0.472 e. The highest BCUT2D eigenvalue weighted by atomic mass is 31.2. The molecule has 0 aromatic carbocycles. The van der Waals surface area contributed by atoms with Gasteiger partial charge in [0.15, 0.2) is 6.10 Å². The summed E-state index contributed by atoms with van der Waals surface area (Å²) in [7, 11) is -5.14. The van der Waals surface area contributed by atoms with Gasteiger partial charge in [-0.3, -0.25) is 18.6 Å². The summed E-state index contributed by atoms with van der Waals surface area (Å²) in [6, 6.07) is 0. The van der Waals surface area contributed by atoms with Gasteiger partial charge in [-0.25, -0.2) is 4.57 Å². The molecule has 1 aliphatic carbocycles. The Kier molecular flexibility index (Phi) is 40.6. The predicted octanol–water partition coefficient (Wildman–Crippen LogP) is 11.6. The van der Waals surface area contributed by atoms with Gasteiger partial charge >= 0.3 is 19.8 Å². The smallest absolute Gasteiger partial charge is 0.462 e. The molecule has 0 heterocycles. The molecule has 6 atom stereocenters. The first-order valence-corrected chi connectivity index (χ1v) is 27.9. The molecule has 0 bridgehead atoms. The van der Waals surface area contributed by atoms with Crippen LogP contribution < -0.4 is 0 Å². The summed E-state index contributed by atoms with van der Waals surface area (Å²) in [6.07, 6.45) is 44.9. The number of aliphatic hydroxyl groups is 5. The summed E-state index contributed by atoms with van der Waals surface area (Å²) in [5.41, 5.74) is 0. The molecule has 1 rings (SSSR count). The molecule has 1 saturated carbocycles. The second kappa shape index (κ2) is 43.8. The Hall–Kier alpha value is -2.97. The van der Waals surface area contributed by atoms with E-state index in [1.165, 1.54) is 77.0 Å². The lowest BCUT2D eigenvalue weighted by Crippen LogP contribution is -2.64. The lowest BCUT2D eigenvalue weighted by molar-refractivity contribution is -0.220. The molecule has 0 aromatic rings. The summed E-state index contributed by atoms with van der Waals surface area (Å²) in [4.78, 5) is 35.8. The minimum atomic E-state index is -5.14. The Morgan fingerprint density at radius 3 is 1.30 bits per heavy atom. The van der Waals surface area contributed by atoms with E-state index in [-0.39, 0.29) is 12.8 Å². The van der Waals surface area contributed by atoms with Crippen molar-refractivity contribution in [3.63, 3.8) is 0 Å². The van der Waals surface area contributed by atoms with E-state index in [9.17, 15) is 44.6 Å². The van der Waals surface area contributed by atoms with Crippen molar-refractivity contribution in [1.29, 1.82) is 0 Å². The average molecular weight is 993 g/mol. The van der Waals surface area contributed by atoms with Crippen LogP contribution in [-0.4, -0.2) is 98.3 Å². The third-order valence-corrected chi connectivity index (χ3v) is 12.7. The SMILES string of the molecule is CC/C=C\C/C=C\C/C=C\C/C=C\C/C=C\CCCC(=O)OC(COC(=O)CCCCCCCCCCCCC/C=C\C/C=C\CCCCCCC)COP(=O)(O)OC1C(O)C(O)C(O)C(O)C1O. The summed E-state index contributed by atoms with van der Waals surface area (Å²) in [5, 5.41) is 50.3. The highest BCUT2D eigenvalue weighted by molar-refractivity contribution is 7.47. The molecule has 13 nitrogen and oxygen atoms in total. The molecular weight excluding hydrogens is 900 g/mol. The third-order valence-electron chi connectivity index (χ3n) is 11.7. The molecule has 0 amide bonds. The molecule has 1 aliphatic rings. The highest BCUT2D eigenvalue weighted by Gasteiger charge is 2.51. The molecule has 0 aliphatic heterocycles. The monoisotopic (exact) mass is 993 g/mol. The number of phosphoric ester groups is 1. The van der Waals surface area contributed by atoms with Crippen LogP contribution in [0.2, 0.25) is 0 Å². The molecule has 1 fully saturated rings. The Balaban J connectivity index is 2.41. The van der Waals surface area contributed by atoms with Gasteiger partial charge in [0.2, 0.25) is 0 Å². The molecular formula is C55H93O13P. The summed E-state index contributed by atoms with van der Waals surface area (Å²) in [6.45, 7) is 3.14. The van der Waals surface area contributed by atoms with Crippen molar-refractivity contribution in [1.82, 2.24) is 0 Å². The molecule has 6 N–H and O–H groups in total. The first kappa shape index (κ1) is 64.0. The van der Waals surface area contributed by atoms with Gasteiger partial charge in [-0.15, -0.1) is 0 Å². The van der Waals surface area contributed by atoms with E-state index in [1.54, 1.807) is 0 Å². The summed E-state index contributed by atoms with van der Waals surface area (Å²) in [5.74, 6) is -1.17. The number of hydrogen-bond acceptors (Lipinski definition) is 12. The van der Waals surface area contributed by atoms with Crippen LogP contribution in [0.3, 0.4) is 0 Å². The number of rotatable bonds is 43. The second-order valence-corrected chi connectivity index (χ2v) is 19.4. The van der Waals surface area contributed by atoms with Gasteiger partial charge in [-0.2, -0.15) is 0 Å². The number of carbonyl (C=O) groups excluding carboxylic acids is 2. The van der Waals surface area contributed by atoms with E-state index in [1.807, 2.05) is 12.2 Å². The molecule has 6 unspecified atom stereocenters. The van der Waals surface area contributed by atoms with Crippen LogP contribution in [0.25, 0.3) is 0 Å². The number of aliphatic hydroxyl groups excluding tert-OH is 5. The lowest BCUT2D eigenvalue weighted by Gasteiger charge is -2.41. The molecule has 69 heavy (non-hydrogen) atoms. The highest BCUT2D eigenvalue weighted by Crippen LogP contribution is 2.47. The molecule has 0 saturated heterocycles. The first-order valence-electron chi connectivity index (χ1n) is 26.4. The van der Waals surface area contributed by atoms with Crippen molar-refractivity contribution < 1.29 is 63.1 Å². The minimum Gasteiger partial charge on any atom is -0.462 e. The lowest BCUT2D eigenvalue weighted by atomic mass is 9.85. The summed E-state index contributed by atoms with van der Waals surface area (Å²) >= 11 is 0. The van der Waals surface area contributed by atoms with Crippen LogP contribution in [0.15, 0.2) is 85.1 Å².